The molecule has 0 unspecified atom stereocenters. The van der Waals surface area contributed by atoms with E-state index in [9.17, 15) is 14.3 Å². The summed E-state index contributed by atoms with van der Waals surface area (Å²) in [6.45, 7) is 0.247. The van der Waals surface area contributed by atoms with Crippen LogP contribution in [0.15, 0.2) is 90.2 Å². The Morgan fingerprint density at radius 3 is 2.59 bits per heavy atom. The maximum atomic E-state index is 14.3. The molecule has 7 heteroatoms. The lowest BCUT2D eigenvalue weighted by Crippen LogP contribution is -2.17. The smallest absolute Gasteiger partial charge is 0.275 e. The van der Waals surface area contributed by atoms with E-state index in [-0.39, 0.29) is 23.7 Å². The third-order valence-electron chi connectivity index (χ3n) is 5.72. The molecule has 0 bridgehead atoms. The third kappa shape index (κ3) is 4.00. The van der Waals surface area contributed by atoms with E-state index in [4.69, 9.17) is 11.6 Å². The predicted octanol–water partition coefficient (Wildman–Crippen LogP) is 6.10. The van der Waals surface area contributed by atoms with Gasteiger partial charge in [-0.1, -0.05) is 66.2 Å². The van der Waals surface area contributed by atoms with Crippen LogP contribution in [-0.2, 0) is 6.54 Å². The molecule has 1 heterocycles. The first-order valence-corrected chi connectivity index (χ1v) is 11.0. The fourth-order valence-electron chi connectivity index (χ4n) is 4.02. The normalized spacial score (nSPS) is 11.5. The van der Waals surface area contributed by atoms with Crippen molar-refractivity contribution in [3.63, 3.8) is 0 Å². The zero-order valence-corrected chi connectivity index (χ0v) is 18.6. The molecular weight excluding hydrogens is 453 g/mol. The van der Waals surface area contributed by atoms with Crippen molar-refractivity contribution in [2.24, 2.45) is 5.10 Å². The lowest BCUT2D eigenvalue weighted by atomic mass is 10.1. The molecule has 0 saturated heterocycles. The van der Waals surface area contributed by atoms with E-state index in [2.05, 4.69) is 10.5 Å². The average molecular weight is 472 g/mol. The minimum Gasteiger partial charge on any atom is -0.506 e. The first-order chi connectivity index (χ1) is 16.5. The summed E-state index contributed by atoms with van der Waals surface area (Å²) in [5, 5.41) is 17.3. The number of hydrogen-bond donors (Lipinski definition) is 2. The minimum atomic E-state index is -0.527. The van der Waals surface area contributed by atoms with Gasteiger partial charge in [0.2, 0.25) is 0 Å². The van der Waals surface area contributed by atoms with Gasteiger partial charge >= 0.3 is 0 Å². The predicted molar refractivity (Wildman–Crippen MR) is 133 cm³/mol. The van der Waals surface area contributed by atoms with Gasteiger partial charge in [0.1, 0.15) is 11.6 Å². The number of aromatic hydroxyl groups is 1. The molecule has 0 spiro atoms. The first kappa shape index (κ1) is 21.7. The molecule has 0 saturated carbocycles. The van der Waals surface area contributed by atoms with E-state index < -0.39 is 5.91 Å². The number of nitrogens with zero attached hydrogens (tertiary/aromatic N) is 2. The second-order valence-electron chi connectivity index (χ2n) is 7.81. The molecule has 34 heavy (non-hydrogen) atoms. The number of hydrogen-bond acceptors (Lipinski definition) is 3. The van der Waals surface area contributed by atoms with Gasteiger partial charge in [0, 0.05) is 38.6 Å². The molecule has 1 aromatic heterocycles. The Morgan fingerprint density at radius 1 is 1.00 bits per heavy atom. The molecule has 5 nitrogen and oxygen atoms in total. The van der Waals surface area contributed by atoms with Gasteiger partial charge in [0.05, 0.1) is 18.3 Å². The summed E-state index contributed by atoms with van der Waals surface area (Å²) in [7, 11) is 0. The van der Waals surface area contributed by atoms with Gasteiger partial charge in [-0.05, 0) is 29.7 Å². The van der Waals surface area contributed by atoms with Gasteiger partial charge in [0.15, 0.2) is 0 Å². The van der Waals surface area contributed by atoms with Crippen molar-refractivity contribution < 1.29 is 14.3 Å². The lowest BCUT2D eigenvalue weighted by molar-refractivity contribution is 0.0952. The number of benzene rings is 4. The number of nitrogens with one attached hydrogen (secondary N) is 1. The van der Waals surface area contributed by atoms with Crippen LogP contribution in [-0.4, -0.2) is 21.8 Å². The monoisotopic (exact) mass is 471 g/mol. The van der Waals surface area contributed by atoms with Crippen molar-refractivity contribution in [2.45, 2.75) is 6.54 Å². The number of phenolic OH excluding ortho intramolecular Hbond substituents is 1. The fourth-order valence-corrected chi connectivity index (χ4v) is 4.24. The highest BCUT2D eigenvalue weighted by Gasteiger charge is 2.14. The van der Waals surface area contributed by atoms with Crippen molar-refractivity contribution >= 4 is 45.4 Å². The van der Waals surface area contributed by atoms with E-state index in [0.717, 1.165) is 21.9 Å². The second kappa shape index (κ2) is 9.00. The van der Waals surface area contributed by atoms with Gasteiger partial charge in [-0.3, -0.25) is 4.79 Å². The van der Waals surface area contributed by atoms with Crippen LogP contribution >= 0.6 is 11.6 Å². The molecule has 0 radical (unpaired) electrons. The quantitative estimate of drug-likeness (QED) is 0.240. The number of hydrazone groups is 1. The molecule has 0 atom stereocenters. The minimum absolute atomic E-state index is 0.0934. The zero-order chi connectivity index (χ0) is 23.7. The van der Waals surface area contributed by atoms with E-state index in [1.54, 1.807) is 36.4 Å². The fraction of sp³-hybridized carbons (Fsp3) is 0.0370. The van der Waals surface area contributed by atoms with Crippen LogP contribution in [0.5, 0.6) is 5.75 Å². The van der Waals surface area contributed by atoms with Gasteiger partial charge < -0.3 is 9.67 Å². The van der Waals surface area contributed by atoms with Crippen LogP contribution in [0.3, 0.4) is 0 Å². The zero-order valence-electron chi connectivity index (χ0n) is 17.9. The van der Waals surface area contributed by atoms with Crippen LogP contribution in [0, 0.1) is 5.82 Å². The summed E-state index contributed by atoms with van der Waals surface area (Å²) < 4.78 is 16.2. The summed E-state index contributed by atoms with van der Waals surface area (Å²) in [5.74, 6) is -0.992. The lowest BCUT2D eigenvalue weighted by Gasteiger charge is -2.08. The number of phenols is 1. The van der Waals surface area contributed by atoms with E-state index >= 15 is 0 Å². The van der Waals surface area contributed by atoms with Gasteiger partial charge in [-0.15, -0.1) is 0 Å². The van der Waals surface area contributed by atoms with Crippen LogP contribution in [0.4, 0.5) is 4.39 Å². The number of amides is 1. The van der Waals surface area contributed by atoms with Gasteiger partial charge in [-0.25, -0.2) is 9.82 Å². The van der Waals surface area contributed by atoms with Crippen LogP contribution in [0.1, 0.15) is 21.5 Å². The summed E-state index contributed by atoms with van der Waals surface area (Å²) in [4.78, 5) is 12.6. The third-order valence-corrected chi connectivity index (χ3v) is 6.08. The summed E-state index contributed by atoms with van der Waals surface area (Å²) in [6, 6.07) is 22.9. The molecule has 2 N–H and O–H groups in total. The average Bonchev–Trinajstić information content (AvgIpc) is 3.19. The highest BCUT2D eigenvalue weighted by atomic mass is 35.5. The van der Waals surface area contributed by atoms with Crippen molar-refractivity contribution in [1.82, 2.24) is 9.99 Å². The molecule has 0 aliphatic rings. The van der Waals surface area contributed by atoms with Crippen LogP contribution < -0.4 is 5.43 Å². The summed E-state index contributed by atoms with van der Waals surface area (Å²) >= 11 is 6.22. The topological polar surface area (TPSA) is 66.6 Å². The number of aromatic nitrogens is 1. The summed E-state index contributed by atoms with van der Waals surface area (Å²) in [5.41, 5.74) is 4.62. The Morgan fingerprint density at radius 2 is 1.76 bits per heavy atom. The molecule has 5 aromatic rings. The molecular formula is C27H19ClFN3O2. The van der Waals surface area contributed by atoms with Crippen molar-refractivity contribution in [3.05, 3.63) is 113 Å². The molecule has 0 aliphatic carbocycles. The van der Waals surface area contributed by atoms with Gasteiger partial charge in [-0.2, -0.15) is 5.10 Å². The van der Waals surface area contributed by atoms with Crippen LogP contribution in [0.2, 0.25) is 5.02 Å². The van der Waals surface area contributed by atoms with Gasteiger partial charge in [0.25, 0.3) is 5.91 Å². The van der Waals surface area contributed by atoms with Crippen molar-refractivity contribution in [3.8, 4) is 5.75 Å². The van der Waals surface area contributed by atoms with E-state index in [1.807, 2.05) is 47.2 Å². The Hall–Kier alpha value is -4.16. The number of para-hydroxylation sites is 1. The molecule has 168 valence electrons. The van der Waals surface area contributed by atoms with Crippen LogP contribution in [0.25, 0.3) is 21.7 Å². The van der Waals surface area contributed by atoms with E-state index in [1.165, 1.54) is 12.3 Å². The molecule has 0 aliphatic heterocycles. The highest BCUT2D eigenvalue weighted by Crippen LogP contribution is 2.29. The largest absolute Gasteiger partial charge is 0.506 e. The molecule has 4 aromatic carbocycles. The number of carbonyl (C=O) groups is 1. The number of halogens is 2. The Bertz CT molecular complexity index is 1560. The number of fused-ring (bicyclic) bond motifs is 2. The number of carbonyl (C=O) groups excluding carboxylic acids is 1. The van der Waals surface area contributed by atoms with Crippen molar-refractivity contribution in [2.75, 3.05) is 0 Å². The Balaban J connectivity index is 1.42. The second-order valence-corrected chi connectivity index (χ2v) is 8.22. The highest BCUT2D eigenvalue weighted by molar-refractivity contribution is 6.31. The SMILES string of the molecule is O=C(NN=Cc1cn(Cc2c(F)cccc2Cl)c2ccccc12)c1ccc2ccccc2c1O. The molecule has 5 rings (SSSR count). The first-order valence-electron chi connectivity index (χ1n) is 10.6. The van der Waals surface area contributed by atoms with Crippen molar-refractivity contribution in [1.29, 1.82) is 0 Å². The number of rotatable bonds is 5. The Kier molecular flexibility index (Phi) is 5.74. The van der Waals surface area contributed by atoms with E-state index in [0.29, 0.717) is 16.0 Å². The molecule has 0 fully saturated rings. The summed E-state index contributed by atoms with van der Waals surface area (Å²) in [6.07, 6.45) is 3.36. The molecule has 1 amide bonds. The maximum Gasteiger partial charge on any atom is 0.275 e. The standard InChI is InChI=1S/C27H19ClFN3O2/c28-23-9-5-10-24(29)22(23)16-32-15-18(19-7-3-4-11-25(19)32)14-30-31-27(34)21-13-12-17-6-1-2-8-20(17)26(21)33/h1-15,33H,16H2,(H,31,34). The maximum absolute atomic E-state index is 14.3. The Labute approximate surface area is 199 Å².